The predicted molar refractivity (Wildman–Crippen MR) is 102 cm³/mol. The van der Waals surface area contributed by atoms with Crippen LogP contribution in [0.5, 0.6) is 0 Å². The summed E-state index contributed by atoms with van der Waals surface area (Å²) < 4.78 is 0. The third-order valence-electron chi connectivity index (χ3n) is 4.33. The third kappa shape index (κ3) is 14.7. The van der Waals surface area contributed by atoms with Crippen molar-refractivity contribution in [2.75, 3.05) is 13.1 Å². The molecule has 0 spiro atoms. The molecular weight excluding hydrogens is 290 g/mol. The predicted octanol–water partition coefficient (Wildman–Crippen LogP) is 6.84. The zero-order valence-electron chi connectivity index (χ0n) is 15.1. The first-order valence-corrected chi connectivity index (χ1v) is 10.1. The summed E-state index contributed by atoms with van der Waals surface area (Å²) in [7, 11) is 0. The molecular formula is C19H39NOS. The summed E-state index contributed by atoms with van der Waals surface area (Å²) in [4.78, 5) is 13.5. The molecule has 3 heteroatoms. The van der Waals surface area contributed by atoms with Gasteiger partial charge in [-0.2, -0.15) is 0 Å². The molecule has 0 unspecified atom stereocenters. The SMILES string of the molecule is CCCCCCCCCN(CCCCCCCCC)C(=O)S. The lowest BCUT2D eigenvalue weighted by Gasteiger charge is -2.20. The van der Waals surface area contributed by atoms with Crippen molar-refractivity contribution in [3.63, 3.8) is 0 Å². The van der Waals surface area contributed by atoms with E-state index < -0.39 is 0 Å². The van der Waals surface area contributed by atoms with Gasteiger partial charge in [-0.1, -0.05) is 104 Å². The minimum absolute atomic E-state index is 0.0445. The summed E-state index contributed by atoms with van der Waals surface area (Å²) in [6, 6.07) is 0. The highest BCUT2D eigenvalue weighted by molar-refractivity contribution is 7.96. The lowest BCUT2D eigenvalue weighted by Crippen LogP contribution is -2.28. The minimum atomic E-state index is -0.0445. The summed E-state index contributed by atoms with van der Waals surface area (Å²) >= 11 is 4.02. The molecule has 0 saturated heterocycles. The van der Waals surface area contributed by atoms with Gasteiger partial charge in [0.2, 0.25) is 0 Å². The number of amides is 1. The normalized spacial score (nSPS) is 10.9. The maximum absolute atomic E-state index is 11.5. The van der Waals surface area contributed by atoms with Crippen LogP contribution < -0.4 is 0 Å². The number of rotatable bonds is 16. The Bertz CT molecular complexity index is 228. The summed E-state index contributed by atoms with van der Waals surface area (Å²) in [5.41, 5.74) is 0. The van der Waals surface area contributed by atoms with Crippen molar-refractivity contribution < 1.29 is 4.79 Å². The van der Waals surface area contributed by atoms with Crippen LogP contribution >= 0.6 is 12.6 Å². The molecule has 1 amide bonds. The molecule has 0 aromatic rings. The molecule has 0 N–H and O–H groups in total. The summed E-state index contributed by atoms with van der Waals surface area (Å²) in [5.74, 6) is 0. The Morgan fingerprint density at radius 2 is 0.955 bits per heavy atom. The summed E-state index contributed by atoms with van der Waals surface area (Å²) in [6.07, 6.45) is 18.1. The van der Waals surface area contributed by atoms with Crippen molar-refractivity contribution in [3.05, 3.63) is 0 Å². The van der Waals surface area contributed by atoms with Gasteiger partial charge in [-0.05, 0) is 12.8 Å². The van der Waals surface area contributed by atoms with Crippen LogP contribution in [0, 0.1) is 0 Å². The number of nitrogens with zero attached hydrogens (tertiary/aromatic N) is 1. The van der Waals surface area contributed by atoms with E-state index in [4.69, 9.17) is 0 Å². The van der Waals surface area contributed by atoms with Crippen LogP contribution in [-0.2, 0) is 0 Å². The highest BCUT2D eigenvalue weighted by Crippen LogP contribution is 2.11. The van der Waals surface area contributed by atoms with Gasteiger partial charge in [-0.15, -0.1) is 0 Å². The fraction of sp³-hybridized carbons (Fsp3) is 0.947. The molecule has 0 aliphatic rings. The second-order valence-electron chi connectivity index (χ2n) is 6.51. The Balaban J connectivity index is 3.51. The van der Waals surface area contributed by atoms with E-state index in [-0.39, 0.29) is 5.24 Å². The first-order chi connectivity index (χ1) is 10.7. The van der Waals surface area contributed by atoms with Crippen LogP contribution in [0.1, 0.15) is 104 Å². The van der Waals surface area contributed by atoms with E-state index in [1.165, 1.54) is 77.0 Å². The van der Waals surface area contributed by atoms with Crippen molar-refractivity contribution in [1.29, 1.82) is 0 Å². The topological polar surface area (TPSA) is 20.3 Å². The van der Waals surface area contributed by atoms with E-state index in [9.17, 15) is 4.79 Å². The largest absolute Gasteiger partial charge is 0.334 e. The molecule has 0 aromatic heterocycles. The molecule has 0 bridgehead atoms. The first kappa shape index (κ1) is 21.8. The van der Waals surface area contributed by atoms with Gasteiger partial charge in [0.15, 0.2) is 0 Å². The highest BCUT2D eigenvalue weighted by Gasteiger charge is 2.08. The maximum Gasteiger partial charge on any atom is 0.278 e. The number of unbranched alkanes of at least 4 members (excludes halogenated alkanes) is 12. The second kappa shape index (κ2) is 17.2. The average molecular weight is 330 g/mol. The second-order valence-corrected chi connectivity index (χ2v) is 6.89. The molecule has 0 aliphatic carbocycles. The number of carbonyl (C=O) groups is 1. The first-order valence-electron chi connectivity index (χ1n) is 9.70. The van der Waals surface area contributed by atoms with E-state index in [0.717, 1.165) is 25.9 Å². The highest BCUT2D eigenvalue weighted by atomic mass is 32.1. The third-order valence-corrected chi connectivity index (χ3v) is 4.62. The van der Waals surface area contributed by atoms with E-state index in [2.05, 4.69) is 26.5 Å². The molecule has 0 radical (unpaired) electrons. The molecule has 0 atom stereocenters. The van der Waals surface area contributed by atoms with Gasteiger partial charge in [-0.25, -0.2) is 0 Å². The Kier molecular flexibility index (Phi) is 17.0. The monoisotopic (exact) mass is 329 g/mol. The van der Waals surface area contributed by atoms with E-state index in [1.807, 2.05) is 4.90 Å². The number of thiol groups is 1. The molecule has 0 fully saturated rings. The van der Waals surface area contributed by atoms with E-state index in [0.29, 0.717) is 0 Å². The fourth-order valence-electron chi connectivity index (χ4n) is 2.82. The van der Waals surface area contributed by atoms with Crippen molar-refractivity contribution in [2.45, 2.75) is 104 Å². The maximum atomic E-state index is 11.5. The van der Waals surface area contributed by atoms with Crippen molar-refractivity contribution in [1.82, 2.24) is 4.90 Å². The minimum Gasteiger partial charge on any atom is -0.334 e. The van der Waals surface area contributed by atoms with Gasteiger partial charge in [0.05, 0.1) is 0 Å². The molecule has 132 valence electrons. The lowest BCUT2D eigenvalue weighted by atomic mass is 10.1. The molecule has 0 rings (SSSR count). The zero-order chi connectivity index (χ0) is 16.5. The number of carbonyl (C=O) groups excluding carboxylic acids is 1. The Morgan fingerprint density at radius 1 is 0.636 bits per heavy atom. The van der Waals surface area contributed by atoms with Gasteiger partial charge in [0.1, 0.15) is 0 Å². The van der Waals surface area contributed by atoms with Crippen LogP contribution in [0.25, 0.3) is 0 Å². The average Bonchev–Trinajstić information content (AvgIpc) is 2.50. The van der Waals surface area contributed by atoms with E-state index >= 15 is 0 Å². The molecule has 0 heterocycles. The van der Waals surface area contributed by atoms with Crippen molar-refractivity contribution in [2.24, 2.45) is 0 Å². The fourth-order valence-corrected chi connectivity index (χ4v) is 3.02. The zero-order valence-corrected chi connectivity index (χ0v) is 16.0. The summed E-state index contributed by atoms with van der Waals surface area (Å²) in [5, 5.41) is -0.0445. The molecule has 0 aliphatic heterocycles. The molecule has 0 saturated carbocycles. The van der Waals surface area contributed by atoms with Gasteiger partial charge < -0.3 is 4.90 Å². The van der Waals surface area contributed by atoms with Gasteiger partial charge in [0, 0.05) is 13.1 Å². The summed E-state index contributed by atoms with van der Waals surface area (Å²) in [6.45, 7) is 6.29. The number of hydrogen-bond donors (Lipinski definition) is 1. The van der Waals surface area contributed by atoms with Crippen LogP contribution in [0.15, 0.2) is 0 Å². The Morgan fingerprint density at radius 3 is 1.27 bits per heavy atom. The smallest absolute Gasteiger partial charge is 0.278 e. The lowest BCUT2D eigenvalue weighted by molar-refractivity contribution is 0.220. The van der Waals surface area contributed by atoms with Crippen LogP contribution in [0.4, 0.5) is 4.79 Å². The van der Waals surface area contributed by atoms with Crippen LogP contribution in [0.2, 0.25) is 0 Å². The molecule has 22 heavy (non-hydrogen) atoms. The van der Waals surface area contributed by atoms with Gasteiger partial charge in [-0.3, -0.25) is 4.79 Å². The Labute approximate surface area is 144 Å². The molecule has 0 aromatic carbocycles. The van der Waals surface area contributed by atoms with Crippen LogP contribution in [-0.4, -0.2) is 23.2 Å². The van der Waals surface area contributed by atoms with Gasteiger partial charge in [0.25, 0.3) is 5.24 Å². The van der Waals surface area contributed by atoms with Crippen molar-refractivity contribution in [3.8, 4) is 0 Å². The van der Waals surface area contributed by atoms with Crippen LogP contribution in [0.3, 0.4) is 0 Å². The Hall–Kier alpha value is -0.180. The standard InChI is InChI=1S/C19H39NOS/c1-3-5-7-9-11-13-15-17-20(19(21)22)18-16-14-12-10-8-6-4-2/h3-18H2,1-2H3,(H,21,22). The molecule has 2 nitrogen and oxygen atoms in total. The van der Waals surface area contributed by atoms with E-state index in [1.54, 1.807) is 0 Å². The van der Waals surface area contributed by atoms with Crippen molar-refractivity contribution >= 4 is 17.9 Å². The quantitative estimate of drug-likeness (QED) is 0.243. The van der Waals surface area contributed by atoms with Gasteiger partial charge >= 0.3 is 0 Å². The number of hydrogen-bond acceptors (Lipinski definition) is 1.